The second-order valence-corrected chi connectivity index (χ2v) is 6.83. The Labute approximate surface area is 149 Å². The van der Waals surface area contributed by atoms with Gasteiger partial charge in [-0.25, -0.2) is 4.39 Å². The van der Waals surface area contributed by atoms with Crippen molar-refractivity contribution in [1.29, 1.82) is 0 Å². The van der Waals surface area contributed by atoms with Crippen molar-refractivity contribution in [3.63, 3.8) is 0 Å². The van der Waals surface area contributed by atoms with Gasteiger partial charge in [0.15, 0.2) is 0 Å². The fraction of sp³-hybridized carbons (Fsp3) is 0.400. The molecule has 25 heavy (non-hydrogen) atoms. The molecule has 1 aliphatic heterocycles. The summed E-state index contributed by atoms with van der Waals surface area (Å²) in [6, 6.07) is 3.62. The molecule has 10 heteroatoms. The first-order valence-electron chi connectivity index (χ1n) is 7.44. The number of amides is 1. The molecule has 6 nitrogen and oxygen atoms in total. The van der Waals surface area contributed by atoms with Crippen molar-refractivity contribution in [1.82, 2.24) is 20.4 Å². The highest BCUT2D eigenvalue weighted by Gasteiger charge is 2.35. The summed E-state index contributed by atoms with van der Waals surface area (Å²) < 4.78 is 44.8. The van der Waals surface area contributed by atoms with Crippen LogP contribution in [0.5, 0.6) is 0 Å². The first kappa shape index (κ1) is 17.9. The largest absolute Gasteiger partial charge is 0.378 e. The number of alkyl halides is 3. The molecule has 1 aromatic carbocycles. The van der Waals surface area contributed by atoms with Crippen LogP contribution in [0.1, 0.15) is 22.7 Å². The molecule has 0 aliphatic carbocycles. The Morgan fingerprint density at radius 2 is 2.24 bits per heavy atom. The zero-order valence-corrected chi connectivity index (χ0v) is 14.7. The lowest BCUT2D eigenvalue weighted by Gasteiger charge is -2.13. The van der Waals surface area contributed by atoms with E-state index >= 15 is 0 Å². The molecule has 1 amide bonds. The number of rotatable bonds is 4. The Bertz CT molecular complexity index is 793. The molecule has 1 saturated heterocycles. The number of likely N-dealkylation sites (tertiary alicyclic amines) is 1. The molecule has 0 spiro atoms. The number of carbonyl (C=O) groups is 1. The van der Waals surface area contributed by atoms with E-state index in [-0.39, 0.29) is 23.0 Å². The van der Waals surface area contributed by atoms with Crippen LogP contribution in [0.15, 0.2) is 22.7 Å². The van der Waals surface area contributed by atoms with Gasteiger partial charge in [-0.3, -0.25) is 4.79 Å². The molecule has 1 N–H and O–H groups in total. The van der Waals surface area contributed by atoms with Gasteiger partial charge in [-0.05, 0) is 32.1 Å². The van der Waals surface area contributed by atoms with Gasteiger partial charge in [-0.1, -0.05) is 11.2 Å². The van der Waals surface area contributed by atoms with Crippen LogP contribution in [0.2, 0.25) is 0 Å². The number of nitrogens with zero attached hydrogens (tertiary/aromatic N) is 3. The molecule has 0 bridgehead atoms. The molecule has 0 saturated carbocycles. The van der Waals surface area contributed by atoms with Gasteiger partial charge >= 0.3 is 10.7 Å². The zero-order chi connectivity index (χ0) is 18.2. The smallest absolute Gasteiger partial charge is 0.348 e. The van der Waals surface area contributed by atoms with Crippen LogP contribution in [-0.2, 0) is 4.83 Å². The fourth-order valence-corrected chi connectivity index (χ4v) is 2.77. The topological polar surface area (TPSA) is 71.3 Å². The van der Waals surface area contributed by atoms with E-state index in [1.807, 2.05) is 7.05 Å². The maximum Gasteiger partial charge on any atom is 0.378 e. The molecule has 3 rings (SSSR count). The van der Waals surface area contributed by atoms with Gasteiger partial charge in [0.2, 0.25) is 5.82 Å². The summed E-state index contributed by atoms with van der Waals surface area (Å²) in [4.78, 5) is 14.3. The Balaban J connectivity index is 1.76. The van der Waals surface area contributed by atoms with Gasteiger partial charge in [0.1, 0.15) is 5.82 Å². The maximum absolute atomic E-state index is 14.3. The molecule has 134 valence electrons. The number of hydrogen-bond acceptors (Lipinski definition) is 5. The number of hydrogen-bond donors (Lipinski definition) is 1. The molecule has 1 unspecified atom stereocenters. The molecular weight excluding hydrogens is 405 g/mol. The summed E-state index contributed by atoms with van der Waals surface area (Å²) in [7, 11) is 1.94. The molecule has 1 fully saturated rings. The molecule has 2 heterocycles. The quantitative estimate of drug-likeness (QED) is 0.772. The Kier molecular flexibility index (Phi) is 4.83. The Morgan fingerprint density at radius 1 is 1.48 bits per heavy atom. The lowest BCUT2D eigenvalue weighted by atomic mass is 10.1. The van der Waals surface area contributed by atoms with Crippen molar-refractivity contribution in [2.75, 3.05) is 20.1 Å². The Morgan fingerprint density at radius 3 is 2.80 bits per heavy atom. The van der Waals surface area contributed by atoms with Crippen LogP contribution in [0.4, 0.5) is 13.2 Å². The van der Waals surface area contributed by atoms with Gasteiger partial charge < -0.3 is 14.7 Å². The number of benzene rings is 1. The molecule has 1 aliphatic rings. The predicted octanol–water partition coefficient (Wildman–Crippen LogP) is 2.75. The van der Waals surface area contributed by atoms with Gasteiger partial charge in [0.25, 0.3) is 5.91 Å². The number of nitrogens with one attached hydrogen (secondary N) is 1. The summed E-state index contributed by atoms with van der Waals surface area (Å²) >= 11 is 2.10. The maximum atomic E-state index is 14.3. The third-order valence-corrected chi connectivity index (χ3v) is 4.21. The minimum atomic E-state index is -3.47. The second kappa shape index (κ2) is 6.75. The lowest BCUT2D eigenvalue weighted by molar-refractivity contribution is 0.0725. The van der Waals surface area contributed by atoms with E-state index in [0.29, 0.717) is 6.54 Å². The van der Waals surface area contributed by atoms with E-state index in [2.05, 4.69) is 40.8 Å². The van der Waals surface area contributed by atoms with Crippen LogP contribution in [-0.4, -0.2) is 47.1 Å². The summed E-state index contributed by atoms with van der Waals surface area (Å²) in [6.45, 7) is 1.57. The van der Waals surface area contributed by atoms with Crippen LogP contribution in [0.3, 0.4) is 0 Å². The van der Waals surface area contributed by atoms with Crippen molar-refractivity contribution in [3.05, 3.63) is 35.5 Å². The average molecular weight is 419 g/mol. The van der Waals surface area contributed by atoms with Crippen LogP contribution < -0.4 is 5.32 Å². The van der Waals surface area contributed by atoms with Gasteiger partial charge in [0, 0.05) is 34.1 Å². The first-order valence-corrected chi connectivity index (χ1v) is 8.23. The number of carbonyl (C=O) groups excluding carboxylic acids is 1. The van der Waals surface area contributed by atoms with E-state index in [9.17, 15) is 18.0 Å². The van der Waals surface area contributed by atoms with E-state index < -0.39 is 22.4 Å². The minimum absolute atomic E-state index is 0.0301. The summed E-state index contributed by atoms with van der Waals surface area (Å²) in [5.41, 5.74) is -0.00533. The van der Waals surface area contributed by atoms with E-state index in [4.69, 9.17) is 0 Å². The van der Waals surface area contributed by atoms with Gasteiger partial charge in [-0.15, -0.1) is 0 Å². The summed E-state index contributed by atoms with van der Waals surface area (Å²) in [5.74, 6) is -2.45. The summed E-state index contributed by atoms with van der Waals surface area (Å²) in [5, 5.41) is 6.17. The zero-order valence-electron chi connectivity index (χ0n) is 13.1. The molecule has 2 aromatic rings. The highest BCUT2D eigenvalue weighted by Crippen LogP contribution is 2.34. The molecular formula is C15H14BrF3N4O2. The van der Waals surface area contributed by atoms with Crippen molar-refractivity contribution >= 4 is 21.8 Å². The van der Waals surface area contributed by atoms with Crippen LogP contribution in [0, 0.1) is 5.82 Å². The predicted molar refractivity (Wildman–Crippen MR) is 85.9 cm³/mol. The Hall–Kier alpha value is -1.94. The third kappa shape index (κ3) is 4.01. The SMILES string of the molecule is CN1CCC(NC(=O)c2ccc(-c3noc(C(F)(F)Br)n3)cc2F)C1. The second-order valence-electron chi connectivity index (χ2n) is 5.84. The monoisotopic (exact) mass is 418 g/mol. The highest BCUT2D eigenvalue weighted by molar-refractivity contribution is 9.09. The first-order chi connectivity index (χ1) is 11.7. The van der Waals surface area contributed by atoms with Crippen molar-refractivity contribution in [3.8, 4) is 11.4 Å². The molecule has 1 atom stereocenters. The van der Waals surface area contributed by atoms with Gasteiger partial charge in [0.05, 0.1) is 5.56 Å². The minimum Gasteiger partial charge on any atom is -0.348 e. The van der Waals surface area contributed by atoms with E-state index in [1.54, 1.807) is 0 Å². The third-order valence-electron chi connectivity index (χ3n) is 3.87. The van der Waals surface area contributed by atoms with Gasteiger partial charge in [-0.2, -0.15) is 13.8 Å². The number of halogens is 4. The molecule has 1 aromatic heterocycles. The normalized spacial score (nSPS) is 18.5. The number of aromatic nitrogens is 2. The average Bonchev–Trinajstić information content (AvgIpc) is 3.16. The fourth-order valence-electron chi connectivity index (χ4n) is 2.61. The lowest BCUT2D eigenvalue weighted by Crippen LogP contribution is -2.36. The highest BCUT2D eigenvalue weighted by atomic mass is 79.9. The van der Waals surface area contributed by atoms with E-state index in [0.717, 1.165) is 19.0 Å². The van der Waals surface area contributed by atoms with Crippen LogP contribution >= 0.6 is 15.9 Å². The van der Waals surface area contributed by atoms with Crippen molar-refractivity contribution < 1.29 is 22.5 Å². The van der Waals surface area contributed by atoms with E-state index in [1.165, 1.54) is 12.1 Å². The summed E-state index contributed by atoms with van der Waals surface area (Å²) in [6.07, 6.45) is 0.800. The van der Waals surface area contributed by atoms with Crippen molar-refractivity contribution in [2.45, 2.75) is 17.3 Å². The van der Waals surface area contributed by atoms with Crippen molar-refractivity contribution in [2.24, 2.45) is 0 Å². The van der Waals surface area contributed by atoms with Crippen LogP contribution in [0.25, 0.3) is 11.4 Å². The molecule has 0 radical (unpaired) electrons. The number of likely N-dealkylation sites (N-methyl/N-ethyl adjacent to an activating group) is 1. The standard InChI is InChI=1S/C15H14BrF3N4O2/c1-23-5-4-9(7-23)20-13(24)10-3-2-8(6-11(10)17)12-21-14(25-22-12)15(16,18)19/h2-3,6,9H,4-5,7H2,1H3,(H,20,24).